The minimum Gasteiger partial charge on any atom is -0.386 e. The summed E-state index contributed by atoms with van der Waals surface area (Å²) in [4.78, 5) is 13.9. The number of urea groups is 1. The molecule has 2 atom stereocenters. The van der Waals surface area contributed by atoms with Gasteiger partial charge in [-0.05, 0) is 37.5 Å². The van der Waals surface area contributed by atoms with Crippen molar-refractivity contribution in [2.24, 2.45) is 17.6 Å². The normalized spacial score (nSPS) is 26.4. The van der Waals surface area contributed by atoms with Crippen molar-refractivity contribution in [1.82, 2.24) is 10.2 Å². The molecule has 2 unspecified atom stereocenters. The maximum atomic E-state index is 12.1. The molecule has 0 bridgehead atoms. The summed E-state index contributed by atoms with van der Waals surface area (Å²) in [6, 6.07) is -0.302. The summed E-state index contributed by atoms with van der Waals surface area (Å²) in [5.41, 5.74) is 5.53. The van der Waals surface area contributed by atoms with Crippen LogP contribution in [0, 0.1) is 17.2 Å². The van der Waals surface area contributed by atoms with Gasteiger partial charge in [-0.1, -0.05) is 6.92 Å². The Bertz CT molecular complexity index is 314. The Hall–Kier alpha value is -1.26. The number of amidine groups is 1. The fraction of sp³-hybridized carbons (Fsp3) is 0.833. The van der Waals surface area contributed by atoms with Crippen LogP contribution in [0.1, 0.15) is 32.6 Å². The average Bonchev–Trinajstić information content (AvgIpc) is 3.09. The van der Waals surface area contributed by atoms with Crippen molar-refractivity contribution in [3.8, 4) is 0 Å². The molecule has 17 heavy (non-hydrogen) atoms. The van der Waals surface area contributed by atoms with Crippen molar-refractivity contribution in [3.63, 3.8) is 0 Å². The van der Waals surface area contributed by atoms with Crippen LogP contribution in [0.5, 0.6) is 0 Å². The van der Waals surface area contributed by atoms with Gasteiger partial charge < -0.3 is 16.0 Å². The zero-order valence-electron chi connectivity index (χ0n) is 10.4. The van der Waals surface area contributed by atoms with Crippen molar-refractivity contribution in [3.05, 3.63) is 0 Å². The zero-order valence-corrected chi connectivity index (χ0v) is 10.4. The van der Waals surface area contributed by atoms with E-state index in [-0.39, 0.29) is 17.9 Å². The molecule has 1 heterocycles. The van der Waals surface area contributed by atoms with Gasteiger partial charge in [-0.3, -0.25) is 5.41 Å². The number of nitrogens with two attached hydrogens (primary N) is 1. The summed E-state index contributed by atoms with van der Waals surface area (Å²) in [5.74, 6) is 1.05. The number of rotatable bonds is 3. The van der Waals surface area contributed by atoms with Crippen LogP contribution in [0.15, 0.2) is 0 Å². The number of nitrogens with one attached hydrogen (secondary N) is 2. The molecule has 1 saturated carbocycles. The first-order chi connectivity index (χ1) is 8.08. The Morgan fingerprint density at radius 1 is 1.47 bits per heavy atom. The Morgan fingerprint density at radius 2 is 2.18 bits per heavy atom. The summed E-state index contributed by atoms with van der Waals surface area (Å²) >= 11 is 0. The molecule has 4 N–H and O–H groups in total. The van der Waals surface area contributed by atoms with Crippen LogP contribution in [0.4, 0.5) is 4.79 Å². The summed E-state index contributed by atoms with van der Waals surface area (Å²) in [7, 11) is 0. The molecule has 96 valence electrons. The monoisotopic (exact) mass is 238 g/mol. The van der Waals surface area contributed by atoms with Crippen molar-refractivity contribution in [1.29, 1.82) is 5.41 Å². The quantitative estimate of drug-likeness (QED) is 0.509. The standard InChI is InChI=1S/C12H22N4O/c1-8-3-2-6-16(7-8)12(17)15-10(11(13)14)9-4-5-9/h8-10H,2-7H2,1H3,(H3,13,14)(H,15,17). The van der Waals surface area contributed by atoms with Crippen molar-refractivity contribution in [2.45, 2.75) is 38.6 Å². The van der Waals surface area contributed by atoms with E-state index in [9.17, 15) is 4.79 Å². The van der Waals surface area contributed by atoms with Crippen LogP contribution in [-0.4, -0.2) is 35.9 Å². The number of carbonyl (C=O) groups is 1. The molecule has 5 heteroatoms. The molecule has 1 aliphatic heterocycles. The lowest BCUT2D eigenvalue weighted by molar-refractivity contribution is 0.167. The molecule has 0 aromatic rings. The maximum Gasteiger partial charge on any atom is 0.318 e. The number of piperidine rings is 1. The van der Waals surface area contributed by atoms with Gasteiger partial charge in [-0.15, -0.1) is 0 Å². The van der Waals surface area contributed by atoms with Gasteiger partial charge in [-0.25, -0.2) is 4.79 Å². The molecular weight excluding hydrogens is 216 g/mol. The fourth-order valence-electron chi connectivity index (χ4n) is 2.48. The highest BCUT2D eigenvalue weighted by atomic mass is 16.2. The summed E-state index contributed by atoms with van der Waals surface area (Å²) < 4.78 is 0. The second kappa shape index (κ2) is 4.94. The third-order valence-corrected chi connectivity index (χ3v) is 3.65. The summed E-state index contributed by atoms with van der Waals surface area (Å²) in [5, 5.41) is 10.4. The van der Waals surface area contributed by atoms with E-state index in [0.29, 0.717) is 11.8 Å². The van der Waals surface area contributed by atoms with Gasteiger partial charge in [0.25, 0.3) is 0 Å². The first-order valence-corrected chi connectivity index (χ1v) is 6.47. The minimum absolute atomic E-state index is 0.0522. The molecule has 0 aromatic carbocycles. The number of hydrogen-bond donors (Lipinski definition) is 3. The van der Waals surface area contributed by atoms with Crippen LogP contribution in [0.3, 0.4) is 0 Å². The van der Waals surface area contributed by atoms with Crippen LogP contribution in [0.25, 0.3) is 0 Å². The Morgan fingerprint density at radius 3 is 2.71 bits per heavy atom. The molecule has 0 radical (unpaired) electrons. The second-order valence-electron chi connectivity index (χ2n) is 5.41. The number of amides is 2. The predicted molar refractivity (Wildman–Crippen MR) is 66.9 cm³/mol. The first kappa shape index (κ1) is 12.2. The Balaban J connectivity index is 1.88. The summed E-state index contributed by atoms with van der Waals surface area (Å²) in [6.07, 6.45) is 4.41. The van der Waals surface area contributed by atoms with E-state index in [1.54, 1.807) is 0 Å². The highest BCUT2D eigenvalue weighted by molar-refractivity contribution is 5.88. The van der Waals surface area contributed by atoms with E-state index in [1.807, 2.05) is 4.90 Å². The zero-order chi connectivity index (χ0) is 12.4. The predicted octanol–water partition coefficient (Wildman–Crippen LogP) is 1.14. The largest absolute Gasteiger partial charge is 0.386 e. The van der Waals surface area contributed by atoms with E-state index in [4.69, 9.17) is 11.1 Å². The molecule has 2 fully saturated rings. The van der Waals surface area contributed by atoms with Crippen LogP contribution >= 0.6 is 0 Å². The van der Waals surface area contributed by atoms with Crippen LogP contribution < -0.4 is 11.1 Å². The van der Waals surface area contributed by atoms with E-state index in [1.165, 1.54) is 6.42 Å². The third kappa shape index (κ3) is 3.11. The molecule has 2 aliphatic rings. The lowest BCUT2D eigenvalue weighted by Crippen LogP contribution is -2.52. The lowest BCUT2D eigenvalue weighted by Gasteiger charge is -2.32. The molecule has 5 nitrogen and oxygen atoms in total. The van der Waals surface area contributed by atoms with Gasteiger partial charge in [0.05, 0.1) is 6.04 Å². The van der Waals surface area contributed by atoms with E-state index >= 15 is 0 Å². The van der Waals surface area contributed by atoms with E-state index in [0.717, 1.165) is 32.4 Å². The van der Waals surface area contributed by atoms with Crippen molar-refractivity contribution < 1.29 is 4.79 Å². The molecular formula is C12H22N4O. The molecule has 2 amide bonds. The first-order valence-electron chi connectivity index (χ1n) is 6.47. The average molecular weight is 238 g/mol. The Kier molecular flexibility index (Phi) is 3.54. The van der Waals surface area contributed by atoms with Gasteiger partial charge >= 0.3 is 6.03 Å². The molecule has 2 rings (SSSR count). The number of likely N-dealkylation sites (tertiary alicyclic amines) is 1. The minimum atomic E-state index is -0.250. The molecule has 1 aliphatic carbocycles. The van der Waals surface area contributed by atoms with Crippen molar-refractivity contribution >= 4 is 11.9 Å². The van der Waals surface area contributed by atoms with Gasteiger partial charge in [-0.2, -0.15) is 0 Å². The number of carbonyl (C=O) groups excluding carboxylic acids is 1. The van der Waals surface area contributed by atoms with Gasteiger partial charge in [0, 0.05) is 13.1 Å². The van der Waals surface area contributed by atoms with Gasteiger partial charge in [0.1, 0.15) is 5.84 Å². The summed E-state index contributed by atoms with van der Waals surface area (Å²) in [6.45, 7) is 3.81. The van der Waals surface area contributed by atoms with Crippen molar-refractivity contribution in [2.75, 3.05) is 13.1 Å². The number of hydrogen-bond acceptors (Lipinski definition) is 2. The smallest absolute Gasteiger partial charge is 0.318 e. The van der Waals surface area contributed by atoms with Crippen LogP contribution in [0.2, 0.25) is 0 Å². The highest BCUT2D eigenvalue weighted by Crippen LogP contribution is 2.32. The molecule has 0 spiro atoms. The second-order valence-corrected chi connectivity index (χ2v) is 5.41. The lowest BCUT2D eigenvalue weighted by atomic mass is 10.0. The molecule has 0 aromatic heterocycles. The third-order valence-electron chi connectivity index (χ3n) is 3.65. The highest BCUT2D eigenvalue weighted by Gasteiger charge is 2.35. The van der Waals surface area contributed by atoms with Gasteiger partial charge in [0.2, 0.25) is 0 Å². The van der Waals surface area contributed by atoms with Crippen LogP contribution in [-0.2, 0) is 0 Å². The topological polar surface area (TPSA) is 82.2 Å². The Labute approximate surface area is 102 Å². The van der Waals surface area contributed by atoms with E-state index in [2.05, 4.69) is 12.2 Å². The number of nitrogens with zero attached hydrogens (tertiary/aromatic N) is 1. The maximum absolute atomic E-state index is 12.1. The fourth-order valence-corrected chi connectivity index (χ4v) is 2.48. The van der Waals surface area contributed by atoms with Gasteiger partial charge in [0.15, 0.2) is 0 Å². The van der Waals surface area contributed by atoms with E-state index < -0.39 is 0 Å². The SMILES string of the molecule is CC1CCCN(C(=O)NC(C(=N)N)C2CC2)C1. The molecule has 1 saturated heterocycles.